The van der Waals surface area contributed by atoms with Crippen LogP contribution < -0.4 is 9.80 Å². The summed E-state index contributed by atoms with van der Waals surface area (Å²) in [4.78, 5) is 20.4. The predicted molar refractivity (Wildman–Crippen MR) is 150 cm³/mol. The molecule has 4 aromatic rings. The number of anilines is 2. The molecule has 0 amide bonds. The monoisotopic (exact) mass is 660 g/mol. The molecule has 1 saturated heterocycles. The van der Waals surface area contributed by atoms with Crippen LogP contribution in [-0.2, 0) is 30.7 Å². The zero-order valence-corrected chi connectivity index (χ0v) is 24.6. The summed E-state index contributed by atoms with van der Waals surface area (Å²) < 4.78 is 89.1. The Hall–Kier alpha value is -3.69. The number of ether oxygens (including phenoxy) is 1. The highest BCUT2D eigenvalue weighted by molar-refractivity contribution is 6.33. The van der Waals surface area contributed by atoms with Crippen LogP contribution in [0, 0.1) is 0 Å². The number of halogens is 8. The van der Waals surface area contributed by atoms with Crippen molar-refractivity contribution >= 4 is 35.0 Å². The van der Waals surface area contributed by atoms with Crippen LogP contribution >= 0.6 is 23.2 Å². The lowest BCUT2D eigenvalue weighted by molar-refractivity contribution is -0.143. The second kappa shape index (κ2) is 12.4. The molecular weight excluding hydrogens is 637 g/mol. The fraction of sp³-hybridized carbons (Fsp3) is 0.370. The minimum atomic E-state index is -5.00. The average Bonchev–Trinajstić information content (AvgIpc) is 3.58. The van der Waals surface area contributed by atoms with Crippen molar-refractivity contribution in [2.24, 2.45) is 7.05 Å². The molecule has 0 N–H and O–H groups in total. The van der Waals surface area contributed by atoms with Gasteiger partial charge < -0.3 is 14.5 Å². The second-order valence-electron chi connectivity index (χ2n) is 10.2. The van der Waals surface area contributed by atoms with Crippen molar-refractivity contribution < 1.29 is 31.1 Å². The summed E-state index contributed by atoms with van der Waals surface area (Å²) >= 11 is 12.4. The van der Waals surface area contributed by atoms with Gasteiger partial charge in [0, 0.05) is 57.0 Å². The van der Waals surface area contributed by atoms with Crippen LogP contribution in [0.1, 0.15) is 23.1 Å². The Kier molecular flexibility index (Phi) is 8.92. The smallest absolute Gasteiger partial charge is 0.383 e. The van der Waals surface area contributed by atoms with E-state index in [4.69, 9.17) is 27.9 Å². The number of methoxy groups -OCH3 is 1. The van der Waals surface area contributed by atoms with E-state index in [0.717, 1.165) is 5.56 Å². The maximum absolute atomic E-state index is 13.7. The van der Waals surface area contributed by atoms with Crippen LogP contribution in [0.4, 0.5) is 38.1 Å². The molecule has 1 aliphatic heterocycles. The summed E-state index contributed by atoms with van der Waals surface area (Å²) in [7, 11) is 3.24. The van der Waals surface area contributed by atoms with Crippen molar-refractivity contribution in [3.63, 3.8) is 0 Å². The Morgan fingerprint density at radius 3 is 2.16 bits per heavy atom. The Balaban J connectivity index is 1.57. The summed E-state index contributed by atoms with van der Waals surface area (Å²) in [6.07, 6.45) is -1.93. The Bertz CT molecular complexity index is 1580. The minimum absolute atomic E-state index is 0.0566. The lowest BCUT2D eigenvalue weighted by atomic mass is 10.0. The molecule has 2 atom stereocenters. The highest BCUT2D eigenvalue weighted by atomic mass is 35.5. The number of benzene rings is 1. The zero-order valence-electron chi connectivity index (χ0n) is 23.1. The highest BCUT2D eigenvalue weighted by Crippen LogP contribution is 2.38. The summed E-state index contributed by atoms with van der Waals surface area (Å²) in [6, 6.07) is 0.644. The first-order valence-electron chi connectivity index (χ1n) is 13.0. The molecule has 1 aliphatic rings. The lowest BCUT2D eigenvalue weighted by Crippen LogP contribution is -2.39. The van der Waals surface area contributed by atoms with Crippen molar-refractivity contribution in [2.75, 3.05) is 30.1 Å². The Morgan fingerprint density at radius 1 is 0.932 bits per heavy atom. The average molecular weight is 661 g/mol. The van der Waals surface area contributed by atoms with Gasteiger partial charge in [0.15, 0.2) is 5.82 Å². The standard InChI is InChI=1S/C27H24Cl2F6N8O/c1-41-12-17(9-39-41)16-7-37-25(38-8-16)43(11-15-3-18(26(30,31)32)5-19(4-15)27(33,34)35)20-6-21(14-44-2)42(13-20)23-22(28)10-36-24(29)40-23/h3-5,7-10,12,20-21H,6,11,13-14H2,1-2H3/t20?,21-/m0/s1. The van der Waals surface area contributed by atoms with Crippen molar-refractivity contribution in [1.82, 2.24) is 29.7 Å². The summed E-state index contributed by atoms with van der Waals surface area (Å²) in [6.45, 7) is 0.0421. The number of aromatic nitrogens is 6. The van der Waals surface area contributed by atoms with Gasteiger partial charge >= 0.3 is 12.4 Å². The predicted octanol–water partition coefficient (Wildman–Crippen LogP) is 6.31. The highest BCUT2D eigenvalue weighted by Gasteiger charge is 2.40. The molecule has 4 heterocycles. The van der Waals surface area contributed by atoms with Crippen molar-refractivity contribution in [3.8, 4) is 11.1 Å². The van der Waals surface area contributed by atoms with E-state index >= 15 is 0 Å². The van der Waals surface area contributed by atoms with Crippen LogP contribution in [0.3, 0.4) is 0 Å². The molecule has 1 unspecified atom stereocenters. The van der Waals surface area contributed by atoms with Gasteiger partial charge in [0.2, 0.25) is 11.2 Å². The van der Waals surface area contributed by atoms with Crippen molar-refractivity contribution in [3.05, 3.63) is 76.2 Å². The maximum atomic E-state index is 13.7. The van der Waals surface area contributed by atoms with Crippen LogP contribution in [-0.4, -0.2) is 62.1 Å². The lowest BCUT2D eigenvalue weighted by Gasteiger charge is -2.30. The van der Waals surface area contributed by atoms with Crippen LogP contribution in [0.25, 0.3) is 11.1 Å². The van der Waals surface area contributed by atoms with E-state index in [1.165, 1.54) is 25.7 Å². The molecule has 234 valence electrons. The molecule has 0 radical (unpaired) electrons. The van der Waals surface area contributed by atoms with Gasteiger partial charge in [-0.05, 0) is 41.8 Å². The van der Waals surface area contributed by atoms with E-state index in [1.54, 1.807) is 29.0 Å². The van der Waals surface area contributed by atoms with Gasteiger partial charge in [-0.2, -0.15) is 36.4 Å². The Morgan fingerprint density at radius 2 is 1.59 bits per heavy atom. The molecule has 9 nitrogen and oxygen atoms in total. The minimum Gasteiger partial charge on any atom is -0.383 e. The van der Waals surface area contributed by atoms with Crippen molar-refractivity contribution in [1.29, 1.82) is 0 Å². The van der Waals surface area contributed by atoms with Gasteiger partial charge in [0.25, 0.3) is 0 Å². The quantitative estimate of drug-likeness (QED) is 0.161. The van der Waals surface area contributed by atoms with Gasteiger partial charge in [-0.1, -0.05) is 11.6 Å². The number of nitrogens with zero attached hydrogens (tertiary/aromatic N) is 8. The summed E-state index contributed by atoms with van der Waals surface area (Å²) in [5.41, 5.74) is -1.71. The SMILES string of the molecule is COC[C@@H]1CC(N(Cc2cc(C(F)(F)F)cc(C(F)(F)F)c2)c2ncc(-c3cnn(C)c3)cn2)CN1c1nc(Cl)ncc1Cl. The topological polar surface area (TPSA) is 85.1 Å². The third-order valence-corrected chi connectivity index (χ3v) is 7.54. The molecule has 17 heteroatoms. The fourth-order valence-corrected chi connectivity index (χ4v) is 5.45. The normalized spacial score (nSPS) is 17.4. The molecule has 3 aromatic heterocycles. The van der Waals surface area contributed by atoms with E-state index in [1.807, 2.05) is 4.90 Å². The van der Waals surface area contributed by atoms with Gasteiger partial charge in [-0.15, -0.1) is 0 Å². The third-order valence-electron chi connectivity index (χ3n) is 7.09. The van der Waals surface area contributed by atoms with E-state index in [-0.39, 0.29) is 53.6 Å². The van der Waals surface area contributed by atoms with Crippen LogP contribution in [0.5, 0.6) is 0 Å². The second-order valence-corrected chi connectivity index (χ2v) is 10.9. The summed E-state index contributed by atoms with van der Waals surface area (Å²) in [5, 5.41) is 4.27. The fourth-order valence-electron chi connectivity index (χ4n) is 5.13. The van der Waals surface area contributed by atoms with Gasteiger partial charge in [-0.25, -0.2) is 15.0 Å². The maximum Gasteiger partial charge on any atom is 0.416 e. The number of alkyl halides is 6. The molecule has 0 spiro atoms. The van der Waals surface area contributed by atoms with Crippen LogP contribution in [0.15, 0.2) is 49.2 Å². The van der Waals surface area contributed by atoms with Gasteiger partial charge in [0.1, 0.15) is 5.02 Å². The summed E-state index contributed by atoms with van der Waals surface area (Å²) in [5.74, 6) is 0.404. The Labute approximate surface area is 257 Å². The van der Waals surface area contributed by atoms with E-state index in [0.29, 0.717) is 29.9 Å². The molecule has 0 saturated carbocycles. The van der Waals surface area contributed by atoms with E-state index < -0.39 is 29.5 Å². The first-order chi connectivity index (χ1) is 20.7. The molecule has 5 rings (SSSR count). The van der Waals surface area contributed by atoms with Gasteiger partial charge in [-0.3, -0.25) is 4.68 Å². The zero-order chi connectivity index (χ0) is 31.8. The molecule has 0 bridgehead atoms. The molecule has 44 heavy (non-hydrogen) atoms. The third kappa shape index (κ3) is 7.00. The van der Waals surface area contributed by atoms with Crippen LogP contribution in [0.2, 0.25) is 10.3 Å². The van der Waals surface area contributed by atoms with E-state index in [9.17, 15) is 26.3 Å². The number of hydrogen-bond acceptors (Lipinski definition) is 8. The van der Waals surface area contributed by atoms with Crippen molar-refractivity contribution in [2.45, 2.75) is 37.4 Å². The number of rotatable bonds is 8. The number of aryl methyl sites for hydroxylation is 1. The van der Waals surface area contributed by atoms with Gasteiger partial charge in [0.05, 0.1) is 42.2 Å². The molecule has 0 aliphatic carbocycles. The first-order valence-corrected chi connectivity index (χ1v) is 13.8. The molecule has 1 fully saturated rings. The molecular formula is C27H24Cl2F6N8O. The number of hydrogen-bond donors (Lipinski definition) is 0. The molecule has 1 aromatic carbocycles. The van der Waals surface area contributed by atoms with E-state index in [2.05, 4.69) is 25.0 Å². The first kappa shape index (κ1) is 31.7. The largest absolute Gasteiger partial charge is 0.416 e.